The zero-order valence-corrected chi connectivity index (χ0v) is 10.4. The summed E-state index contributed by atoms with van der Waals surface area (Å²) in [6, 6.07) is 14.2. The molecule has 4 heteroatoms. The molecule has 0 aliphatic rings. The molecule has 4 nitrogen and oxygen atoms in total. The molecule has 4 aromatic rings. The van der Waals surface area contributed by atoms with Gasteiger partial charge in [0.05, 0.1) is 16.6 Å². The molecular weight excluding hydrogens is 236 g/mol. The second kappa shape index (κ2) is 3.68. The molecule has 92 valence electrons. The van der Waals surface area contributed by atoms with E-state index in [2.05, 4.69) is 39.2 Å². The van der Waals surface area contributed by atoms with Crippen LogP contribution in [-0.2, 0) is 0 Å². The van der Waals surface area contributed by atoms with Crippen LogP contribution < -0.4 is 0 Å². The number of benzene rings is 2. The first-order valence-corrected chi connectivity index (χ1v) is 6.21. The Hall–Kier alpha value is -2.62. The minimum absolute atomic E-state index is 0.804. The normalized spacial score (nSPS) is 11.4. The minimum Gasteiger partial charge on any atom is -0.337 e. The summed E-state index contributed by atoms with van der Waals surface area (Å²) in [4.78, 5) is 7.91. The number of para-hydroxylation sites is 2. The van der Waals surface area contributed by atoms with Crippen molar-refractivity contribution in [2.75, 3.05) is 0 Å². The van der Waals surface area contributed by atoms with Crippen molar-refractivity contribution < 1.29 is 0 Å². The molecule has 2 heterocycles. The Balaban J connectivity index is 2.00. The fourth-order valence-corrected chi connectivity index (χ4v) is 2.37. The number of imidazole rings is 1. The lowest BCUT2D eigenvalue weighted by atomic mass is 10.1. The third-order valence-corrected chi connectivity index (χ3v) is 3.33. The van der Waals surface area contributed by atoms with Crippen LogP contribution in [0.3, 0.4) is 0 Å². The van der Waals surface area contributed by atoms with E-state index in [1.54, 1.807) is 0 Å². The van der Waals surface area contributed by atoms with Crippen molar-refractivity contribution >= 4 is 21.9 Å². The topological polar surface area (TPSA) is 57.4 Å². The number of hydrogen-bond acceptors (Lipinski definition) is 2. The van der Waals surface area contributed by atoms with Crippen LogP contribution in [0.15, 0.2) is 42.5 Å². The predicted molar refractivity (Wildman–Crippen MR) is 75.9 cm³/mol. The number of aromatic nitrogens is 4. The molecule has 0 amide bonds. The van der Waals surface area contributed by atoms with E-state index in [1.165, 1.54) is 5.56 Å². The first-order chi connectivity index (χ1) is 9.31. The number of hydrogen-bond donors (Lipinski definition) is 2. The zero-order chi connectivity index (χ0) is 12.8. The highest BCUT2D eigenvalue weighted by molar-refractivity contribution is 5.93. The molecule has 0 radical (unpaired) electrons. The van der Waals surface area contributed by atoms with Crippen LogP contribution in [0.2, 0.25) is 0 Å². The van der Waals surface area contributed by atoms with Crippen LogP contribution in [-0.4, -0.2) is 20.2 Å². The highest BCUT2D eigenvalue weighted by Crippen LogP contribution is 2.26. The van der Waals surface area contributed by atoms with Crippen molar-refractivity contribution in [2.45, 2.75) is 6.92 Å². The number of H-pyrrole nitrogens is 2. The molecule has 0 aliphatic carbocycles. The molecule has 2 N–H and O–H groups in total. The standard InChI is InChI=1S/C15H12N4/c1-9-6-7-11-10(8-9)14(19-18-11)15-16-12-4-2-3-5-13(12)17-15/h2-8H,1H3,(H,16,17)(H,18,19). The largest absolute Gasteiger partial charge is 0.337 e. The van der Waals surface area contributed by atoms with Gasteiger partial charge in [0.2, 0.25) is 0 Å². The lowest BCUT2D eigenvalue weighted by Gasteiger charge is -1.94. The number of aromatic amines is 2. The van der Waals surface area contributed by atoms with Gasteiger partial charge in [-0.2, -0.15) is 5.10 Å². The Morgan fingerprint density at radius 3 is 2.79 bits per heavy atom. The summed E-state index contributed by atoms with van der Waals surface area (Å²) < 4.78 is 0. The van der Waals surface area contributed by atoms with Crippen molar-refractivity contribution in [3.63, 3.8) is 0 Å². The second-order valence-corrected chi connectivity index (χ2v) is 4.72. The highest BCUT2D eigenvalue weighted by Gasteiger charge is 2.12. The Kier molecular flexibility index (Phi) is 2.00. The van der Waals surface area contributed by atoms with Gasteiger partial charge in [-0.05, 0) is 31.2 Å². The van der Waals surface area contributed by atoms with E-state index in [-0.39, 0.29) is 0 Å². The minimum atomic E-state index is 0.804. The molecule has 0 spiro atoms. The van der Waals surface area contributed by atoms with Crippen LogP contribution in [0.4, 0.5) is 0 Å². The van der Waals surface area contributed by atoms with Crippen LogP contribution in [0.1, 0.15) is 5.56 Å². The number of nitrogens with zero attached hydrogens (tertiary/aromatic N) is 2. The van der Waals surface area contributed by atoms with Crippen LogP contribution in [0, 0.1) is 6.92 Å². The van der Waals surface area contributed by atoms with Crippen molar-refractivity contribution in [3.8, 4) is 11.5 Å². The Bertz CT molecular complexity index is 852. The van der Waals surface area contributed by atoms with Gasteiger partial charge < -0.3 is 4.98 Å². The predicted octanol–water partition coefficient (Wildman–Crippen LogP) is 3.41. The SMILES string of the molecule is Cc1ccc2[nH]nc(-c3nc4ccccc4[nH]3)c2c1. The molecule has 0 bridgehead atoms. The average molecular weight is 248 g/mol. The Morgan fingerprint density at radius 1 is 1.00 bits per heavy atom. The second-order valence-electron chi connectivity index (χ2n) is 4.72. The van der Waals surface area contributed by atoms with Gasteiger partial charge in [0.15, 0.2) is 5.82 Å². The van der Waals surface area contributed by atoms with Crippen molar-refractivity contribution in [1.82, 2.24) is 20.2 Å². The van der Waals surface area contributed by atoms with E-state index in [0.29, 0.717) is 0 Å². The summed E-state index contributed by atoms with van der Waals surface area (Å²) in [6.45, 7) is 2.08. The maximum absolute atomic E-state index is 4.60. The van der Waals surface area contributed by atoms with Crippen molar-refractivity contribution in [2.24, 2.45) is 0 Å². The van der Waals surface area contributed by atoms with Crippen LogP contribution >= 0.6 is 0 Å². The summed E-state index contributed by atoms with van der Waals surface area (Å²) in [5, 5.41) is 8.53. The average Bonchev–Trinajstić information content (AvgIpc) is 3.00. The van der Waals surface area contributed by atoms with Gasteiger partial charge in [-0.3, -0.25) is 5.10 Å². The molecule has 2 aromatic heterocycles. The molecule has 0 unspecified atom stereocenters. The summed E-state index contributed by atoms with van der Waals surface area (Å²) >= 11 is 0. The van der Waals surface area contributed by atoms with E-state index in [9.17, 15) is 0 Å². The molecule has 0 aliphatic heterocycles. The lowest BCUT2D eigenvalue weighted by molar-refractivity contribution is 1.11. The number of rotatable bonds is 1. The molecule has 0 saturated carbocycles. The Morgan fingerprint density at radius 2 is 1.89 bits per heavy atom. The van der Waals surface area contributed by atoms with Crippen molar-refractivity contribution in [3.05, 3.63) is 48.0 Å². The molecule has 2 aromatic carbocycles. The van der Waals surface area contributed by atoms with Gasteiger partial charge in [0.25, 0.3) is 0 Å². The van der Waals surface area contributed by atoms with Gasteiger partial charge >= 0.3 is 0 Å². The third-order valence-electron chi connectivity index (χ3n) is 3.33. The van der Waals surface area contributed by atoms with Crippen LogP contribution in [0.5, 0.6) is 0 Å². The molecule has 0 atom stereocenters. The molecule has 0 fully saturated rings. The van der Waals surface area contributed by atoms with E-state index in [0.717, 1.165) is 33.5 Å². The quantitative estimate of drug-likeness (QED) is 0.542. The third kappa shape index (κ3) is 1.53. The maximum atomic E-state index is 4.60. The van der Waals surface area contributed by atoms with E-state index < -0.39 is 0 Å². The molecule has 19 heavy (non-hydrogen) atoms. The van der Waals surface area contributed by atoms with Gasteiger partial charge in [-0.1, -0.05) is 23.8 Å². The summed E-state index contributed by atoms with van der Waals surface area (Å²) in [6.07, 6.45) is 0. The van der Waals surface area contributed by atoms with Crippen LogP contribution in [0.25, 0.3) is 33.5 Å². The first kappa shape index (κ1) is 10.3. The molecular formula is C15H12N4. The van der Waals surface area contributed by atoms with Gasteiger partial charge in [-0.15, -0.1) is 0 Å². The Labute approximate surface area is 109 Å². The molecule has 0 saturated heterocycles. The number of nitrogens with one attached hydrogen (secondary N) is 2. The number of fused-ring (bicyclic) bond motifs is 2. The number of aryl methyl sites for hydroxylation is 1. The lowest BCUT2D eigenvalue weighted by Crippen LogP contribution is -1.81. The maximum Gasteiger partial charge on any atom is 0.159 e. The van der Waals surface area contributed by atoms with E-state index in [1.807, 2.05) is 30.3 Å². The molecule has 4 rings (SSSR count). The summed E-state index contributed by atoms with van der Waals surface area (Å²) in [5.41, 5.74) is 5.10. The van der Waals surface area contributed by atoms with Gasteiger partial charge in [-0.25, -0.2) is 4.98 Å². The fourth-order valence-electron chi connectivity index (χ4n) is 2.37. The fraction of sp³-hybridized carbons (Fsp3) is 0.0667. The van der Waals surface area contributed by atoms with Gasteiger partial charge in [0, 0.05) is 5.39 Å². The van der Waals surface area contributed by atoms with Crippen molar-refractivity contribution in [1.29, 1.82) is 0 Å². The van der Waals surface area contributed by atoms with E-state index in [4.69, 9.17) is 0 Å². The highest BCUT2D eigenvalue weighted by atomic mass is 15.1. The van der Waals surface area contributed by atoms with E-state index >= 15 is 0 Å². The smallest absolute Gasteiger partial charge is 0.159 e. The van der Waals surface area contributed by atoms with Gasteiger partial charge in [0.1, 0.15) is 5.69 Å². The summed E-state index contributed by atoms with van der Waals surface area (Å²) in [7, 11) is 0. The first-order valence-electron chi connectivity index (χ1n) is 6.21. The summed E-state index contributed by atoms with van der Waals surface area (Å²) in [5.74, 6) is 0.804. The monoisotopic (exact) mass is 248 g/mol. The zero-order valence-electron chi connectivity index (χ0n) is 10.4.